The van der Waals surface area contributed by atoms with E-state index in [2.05, 4.69) is 5.10 Å². The first-order chi connectivity index (χ1) is 8.60. The molecule has 0 atom stereocenters. The molecule has 0 aliphatic carbocycles. The number of amides is 1. The Bertz CT molecular complexity index is 449. The lowest BCUT2D eigenvalue weighted by molar-refractivity contribution is 0.0694. The minimum absolute atomic E-state index is 0.214. The fourth-order valence-electron chi connectivity index (χ4n) is 1.52. The van der Waals surface area contributed by atoms with E-state index in [0.717, 1.165) is 0 Å². The van der Waals surface area contributed by atoms with Crippen LogP contribution in [0.1, 0.15) is 16.9 Å². The number of aromatic nitrogens is 2. The number of carbonyl (C=O) groups is 1. The van der Waals surface area contributed by atoms with Gasteiger partial charge in [-0.3, -0.25) is 9.48 Å². The van der Waals surface area contributed by atoms with Crippen LogP contribution in [0.5, 0.6) is 0 Å². The van der Waals surface area contributed by atoms with E-state index in [9.17, 15) is 4.79 Å². The maximum Gasteiger partial charge on any atom is 0.276 e. The van der Waals surface area contributed by atoms with Crippen molar-refractivity contribution in [2.45, 2.75) is 6.42 Å². The van der Waals surface area contributed by atoms with E-state index in [-0.39, 0.29) is 18.0 Å². The normalized spacial score (nSPS) is 10.1. The van der Waals surface area contributed by atoms with Crippen LogP contribution in [0.4, 0.5) is 5.69 Å². The highest BCUT2D eigenvalue weighted by Crippen LogP contribution is 2.11. The van der Waals surface area contributed by atoms with Crippen LogP contribution in [0.25, 0.3) is 0 Å². The van der Waals surface area contributed by atoms with E-state index in [1.54, 1.807) is 20.4 Å². The second-order valence-electron chi connectivity index (χ2n) is 3.80. The van der Waals surface area contributed by atoms with Crippen molar-refractivity contribution >= 4 is 11.6 Å². The summed E-state index contributed by atoms with van der Waals surface area (Å²) in [7, 11) is 3.25. The van der Waals surface area contributed by atoms with Gasteiger partial charge in [0.25, 0.3) is 5.91 Å². The summed E-state index contributed by atoms with van der Waals surface area (Å²) in [4.78, 5) is 13.7. The Morgan fingerprint density at radius 1 is 1.67 bits per heavy atom. The molecule has 1 heterocycles. The van der Waals surface area contributed by atoms with Gasteiger partial charge in [0.1, 0.15) is 0 Å². The lowest BCUT2D eigenvalue weighted by atomic mass is 10.3. The Labute approximate surface area is 106 Å². The van der Waals surface area contributed by atoms with E-state index < -0.39 is 0 Å². The highest BCUT2D eigenvalue weighted by atomic mass is 16.5. The van der Waals surface area contributed by atoms with Gasteiger partial charge in [-0.1, -0.05) is 0 Å². The van der Waals surface area contributed by atoms with Crippen molar-refractivity contribution in [3.05, 3.63) is 11.9 Å². The van der Waals surface area contributed by atoms with Gasteiger partial charge in [0.2, 0.25) is 0 Å². The molecule has 0 radical (unpaired) electrons. The highest BCUT2D eigenvalue weighted by Gasteiger charge is 2.20. The molecule has 0 saturated carbocycles. The molecule has 1 amide bonds. The second-order valence-corrected chi connectivity index (χ2v) is 3.80. The van der Waals surface area contributed by atoms with Gasteiger partial charge in [-0.25, -0.2) is 0 Å². The van der Waals surface area contributed by atoms with Crippen LogP contribution in [-0.2, 0) is 11.8 Å². The van der Waals surface area contributed by atoms with Crippen LogP contribution in [0.15, 0.2) is 6.20 Å². The smallest absolute Gasteiger partial charge is 0.276 e. The first-order valence-corrected chi connectivity index (χ1v) is 5.54. The van der Waals surface area contributed by atoms with E-state index in [4.69, 9.17) is 15.7 Å². The quantitative estimate of drug-likeness (QED) is 0.767. The number of nitrogens with two attached hydrogens (primary N) is 1. The average Bonchev–Trinajstić information content (AvgIpc) is 2.68. The average molecular weight is 251 g/mol. The van der Waals surface area contributed by atoms with Crippen molar-refractivity contribution in [2.75, 3.05) is 32.5 Å². The fourth-order valence-corrected chi connectivity index (χ4v) is 1.52. The molecule has 7 heteroatoms. The third kappa shape index (κ3) is 3.46. The van der Waals surface area contributed by atoms with Crippen molar-refractivity contribution in [2.24, 2.45) is 7.05 Å². The van der Waals surface area contributed by atoms with E-state index in [1.165, 1.54) is 9.58 Å². The second kappa shape index (κ2) is 6.61. The Morgan fingerprint density at radius 3 is 2.89 bits per heavy atom. The zero-order valence-electron chi connectivity index (χ0n) is 10.6. The molecule has 0 aliphatic rings. The molecule has 0 fully saturated rings. The number of hydrogen-bond acceptors (Lipinski definition) is 5. The van der Waals surface area contributed by atoms with Crippen LogP contribution in [0.3, 0.4) is 0 Å². The van der Waals surface area contributed by atoms with Gasteiger partial charge >= 0.3 is 0 Å². The summed E-state index contributed by atoms with van der Waals surface area (Å²) >= 11 is 0. The third-order valence-corrected chi connectivity index (χ3v) is 2.41. The van der Waals surface area contributed by atoms with Crippen molar-refractivity contribution in [3.63, 3.8) is 0 Å². The molecule has 98 valence electrons. The molecular weight excluding hydrogens is 234 g/mol. The van der Waals surface area contributed by atoms with Crippen molar-refractivity contribution in [1.29, 1.82) is 5.26 Å². The largest absolute Gasteiger partial charge is 0.396 e. The summed E-state index contributed by atoms with van der Waals surface area (Å²) in [5.41, 5.74) is 6.26. The topological polar surface area (TPSA) is 97.2 Å². The molecule has 2 N–H and O–H groups in total. The summed E-state index contributed by atoms with van der Waals surface area (Å²) in [6.45, 7) is 1.16. The van der Waals surface area contributed by atoms with Gasteiger partial charge in [-0.2, -0.15) is 10.4 Å². The zero-order valence-corrected chi connectivity index (χ0v) is 10.6. The van der Waals surface area contributed by atoms with Crippen LogP contribution < -0.4 is 5.73 Å². The Morgan fingerprint density at radius 2 is 2.39 bits per heavy atom. The molecule has 0 aliphatic heterocycles. The summed E-state index contributed by atoms with van der Waals surface area (Å²) in [6.07, 6.45) is 1.84. The summed E-state index contributed by atoms with van der Waals surface area (Å²) in [5.74, 6) is -0.277. The number of nitrogen functional groups attached to an aromatic ring is 1. The molecule has 0 spiro atoms. The number of nitriles is 1. The fraction of sp³-hybridized carbons (Fsp3) is 0.545. The summed E-state index contributed by atoms with van der Waals surface area (Å²) in [6, 6.07) is 2.01. The van der Waals surface area contributed by atoms with Crippen LogP contribution in [-0.4, -0.2) is 47.4 Å². The zero-order chi connectivity index (χ0) is 13.5. The highest BCUT2D eigenvalue weighted by molar-refractivity contribution is 5.97. The number of nitrogens with zero attached hydrogens (tertiary/aromatic N) is 4. The number of ether oxygens (including phenoxy) is 1. The maximum absolute atomic E-state index is 12.2. The molecule has 1 rings (SSSR count). The summed E-state index contributed by atoms with van der Waals surface area (Å²) < 4.78 is 6.43. The van der Waals surface area contributed by atoms with Gasteiger partial charge < -0.3 is 15.4 Å². The molecule has 0 aromatic carbocycles. The maximum atomic E-state index is 12.2. The van der Waals surface area contributed by atoms with E-state index in [0.29, 0.717) is 25.4 Å². The molecule has 1 aromatic rings. The van der Waals surface area contributed by atoms with Gasteiger partial charge in [0, 0.05) is 33.4 Å². The molecule has 0 unspecified atom stereocenters. The Balaban J connectivity index is 2.81. The standard InChI is InChI=1S/C11H17N5O2/c1-15-8-9(13)10(14-15)11(17)16(5-3-4-12)6-7-18-2/h8H,3,5-7,13H2,1-2H3. The lowest BCUT2D eigenvalue weighted by Gasteiger charge is -2.20. The lowest BCUT2D eigenvalue weighted by Crippen LogP contribution is -2.35. The number of anilines is 1. The Hall–Kier alpha value is -2.07. The summed E-state index contributed by atoms with van der Waals surface area (Å²) in [5, 5.41) is 12.6. The minimum atomic E-state index is -0.277. The number of methoxy groups -OCH3 is 1. The SMILES string of the molecule is COCCN(CCC#N)C(=O)c1nn(C)cc1N. The molecular formula is C11H17N5O2. The van der Waals surface area contributed by atoms with Gasteiger partial charge in [0.05, 0.1) is 24.8 Å². The third-order valence-electron chi connectivity index (χ3n) is 2.41. The molecule has 0 saturated heterocycles. The number of aryl methyl sites for hydroxylation is 1. The van der Waals surface area contributed by atoms with Crippen LogP contribution >= 0.6 is 0 Å². The van der Waals surface area contributed by atoms with Crippen LogP contribution in [0, 0.1) is 11.3 Å². The molecule has 18 heavy (non-hydrogen) atoms. The monoisotopic (exact) mass is 251 g/mol. The first-order valence-electron chi connectivity index (χ1n) is 5.54. The number of rotatable bonds is 6. The predicted molar refractivity (Wildman–Crippen MR) is 65.6 cm³/mol. The van der Waals surface area contributed by atoms with Gasteiger partial charge in [-0.05, 0) is 0 Å². The van der Waals surface area contributed by atoms with Gasteiger partial charge in [0.15, 0.2) is 5.69 Å². The molecule has 7 nitrogen and oxygen atoms in total. The van der Waals surface area contributed by atoms with Crippen LogP contribution in [0.2, 0.25) is 0 Å². The van der Waals surface area contributed by atoms with E-state index >= 15 is 0 Å². The minimum Gasteiger partial charge on any atom is -0.396 e. The van der Waals surface area contributed by atoms with Crippen molar-refractivity contribution in [3.8, 4) is 6.07 Å². The first kappa shape index (κ1) is 14.0. The number of hydrogen-bond donors (Lipinski definition) is 1. The predicted octanol–water partition coefficient (Wildman–Crippen LogP) is 0.00458. The molecule has 0 bridgehead atoms. The molecule has 1 aromatic heterocycles. The van der Waals surface area contributed by atoms with Crippen molar-refractivity contribution < 1.29 is 9.53 Å². The Kier molecular flexibility index (Phi) is 5.14. The van der Waals surface area contributed by atoms with Crippen molar-refractivity contribution in [1.82, 2.24) is 14.7 Å². The van der Waals surface area contributed by atoms with E-state index in [1.807, 2.05) is 6.07 Å². The van der Waals surface area contributed by atoms with Gasteiger partial charge in [-0.15, -0.1) is 0 Å². The number of carbonyl (C=O) groups excluding carboxylic acids is 1.